The van der Waals surface area contributed by atoms with Crippen LogP contribution in [0.25, 0.3) is 0 Å². The second kappa shape index (κ2) is 20.6. The molecule has 0 saturated carbocycles. The summed E-state index contributed by atoms with van der Waals surface area (Å²) >= 11 is 0. The minimum Gasteiger partial charge on any atom is -0.480 e. The van der Waals surface area contributed by atoms with Crippen LogP contribution in [-0.4, -0.2) is 76.8 Å². The molecule has 0 fully saturated rings. The van der Waals surface area contributed by atoms with Gasteiger partial charge in [0.1, 0.15) is 18.1 Å². The van der Waals surface area contributed by atoms with Crippen LogP contribution in [0.5, 0.6) is 0 Å². The van der Waals surface area contributed by atoms with Gasteiger partial charge in [-0.15, -0.1) is 0 Å². The van der Waals surface area contributed by atoms with Crippen LogP contribution in [0.15, 0.2) is 60.7 Å². The molecule has 4 atom stereocenters. The highest BCUT2D eigenvalue weighted by atomic mass is 19.4. The predicted molar refractivity (Wildman–Crippen MR) is 168 cm³/mol. The molecule has 0 saturated heterocycles. The van der Waals surface area contributed by atoms with Gasteiger partial charge in [0.15, 0.2) is 0 Å². The summed E-state index contributed by atoms with van der Waals surface area (Å²) in [7, 11) is 0. The van der Waals surface area contributed by atoms with Crippen molar-refractivity contribution in [2.45, 2.75) is 82.7 Å². The van der Waals surface area contributed by atoms with Crippen molar-refractivity contribution in [2.75, 3.05) is 6.54 Å². The molecule has 47 heavy (non-hydrogen) atoms. The molecule has 0 aliphatic heterocycles. The summed E-state index contributed by atoms with van der Waals surface area (Å²) in [4.78, 5) is 60.3. The molecule has 0 heterocycles. The van der Waals surface area contributed by atoms with E-state index in [-0.39, 0.29) is 25.2 Å². The number of nitrogens with two attached hydrogens (primary N) is 2. The SMILES string of the molecule is CC(C)C[C@@H](NC(=O)[C@@H](Cc1ccccc1)NC(=O)[C@H](N)Cc1ccccc1)C(=O)N[C@H](CCCCN)C(=O)O.O=C(O)C(F)(F)F. The quantitative estimate of drug-likeness (QED) is 0.123. The van der Waals surface area contributed by atoms with E-state index < -0.39 is 60.0 Å². The first-order valence-electron chi connectivity index (χ1n) is 15.0. The summed E-state index contributed by atoms with van der Waals surface area (Å²) in [5.41, 5.74) is 13.4. The monoisotopic (exact) mass is 667 g/mol. The Labute approximate surface area is 271 Å². The third kappa shape index (κ3) is 16.6. The van der Waals surface area contributed by atoms with Crippen molar-refractivity contribution in [3.63, 3.8) is 0 Å². The molecule has 0 aliphatic carbocycles. The lowest BCUT2D eigenvalue weighted by Crippen LogP contribution is -2.58. The van der Waals surface area contributed by atoms with Crippen molar-refractivity contribution in [1.82, 2.24) is 16.0 Å². The van der Waals surface area contributed by atoms with E-state index in [1.165, 1.54) is 0 Å². The van der Waals surface area contributed by atoms with Crippen molar-refractivity contribution in [3.05, 3.63) is 71.8 Å². The molecular weight excluding hydrogens is 623 g/mol. The lowest BCUT2D eigenvalue weighted by molar-refractivity contribution is -0.192. The fourth-order valence-electron chi connectivity index (χ4n) is 4.30. The number of hydrogen-bond donors (Lipinski definition) is 7. The van der Waals surface area contributed by atoms with E-state index in [4.69, 9.17) is 21.4 Å². The van der Waals surface area contributed by atoms with E-state index in [9.17, 15) is 37.5 Å². The van der Waals surface area contributed by atoms with Crippen LogP contribution in [0, 0.1) is 5.92 Å². The van der Waals surface area contributed by atoms with Crippen molar-refractivity contribution in [3.8, 4) is 0 Å². The molecule has 0 aliphatic rings. The number of carboxylic acid groups (broad SMARTS) is 2. The van der Waals surface area contributed by atoms with Crippen LogP contribution in [0.2, 0.25) is 0 Å². The Morgan fingerprint density at radius 1 is 0.723 bits per heavy atom. The Bertz CT molecular complexity index is 1280. The van der Waals surface area contributed by atoms with Crippen molar-refractivity contribution < 1.29 is 47.4 Å². The number of aliphatic carboxylic acids is 2. The summed E-state index contributed by atoms with van der Waals surface area (Å²) in [5.74, 6) is -5.52. The van der Waals surface area contributed by atoms with Gasteiger partial charge < -0.3 is 37.6 Å². The van der Waals surface area contributed by atoms with Crippen LogP contribution in [0.4, 0.5) is 13.2 Å². The van der Waals surface area contributed by atoms with Crippen molar-refractivity contribution >= 4 is 29.7 Å². The van der Waals surface area contributed by atoms with Gasteiger partial charge in [0.25, 0.3) is 0 Å². The molecule has 2 aromatic carbocycles. The van der Waals surface area contributed by atoms with Gasteiger partial charge >= 0.3 is 18.1 Å². The van der Waals surface area contributed by atoms with Crippen LogP contribution in [0.1, 0.15) is 50.7 Å². The third-order valence-corrected chi connectivity index (χ3v) is 6.69. The number of alkyl halides is 3. The smallest absolute Gasteiger partial charge is 0.480 e. The maximum atomic E-state index is 13.5. The highest BCUT2D eigenvalue weighted by Crippen LogP contribution is 2.13. The average Bonchev–Trinajstić information content (AvgIpc) is 3.00. The Morgan fingerprint density at radius 3 is 1.62 bits per heavy atom. The fraction of sp³-hybridized carbons (Fsp3) is 0.469. The molecule has 2 aromatic rings. The van der Waals surface area contributed by atoms with Crippen molar-refractivity contribution in [1.29, 1.82) is 0 Å². The van der Waals surface area contributed by atoms with E-state index in [1.807, 2.05) is 74.5 Å². The zero-order valence-corrected chi connectivity index (χ0v) is 26.3. The van der Waals surface area contributed by atoms with E-state index in [0.29, 0.717) is 25.8 Å². The number of carboxylic acids is 2. The van der Waals surface area contributed by atoms with Crippen LogP contribution in [-0.2, 0) is 36.8 Å². The van der Waals surface area contributed by atoms with Crippen molar-refractivity contribution in [2.24, 2.45) is 17.4 Å². The molecule has 9 N–H and O–H groups in total. The highest BCUT2D eigenvalue weighted by molar-refractivity contribution is 5.94. The Kier molecular flexibility index (Phi) is 17.8. The van der Waals surface area contributed by atoms with Gasteiger partial charge in [-0.1, -0.05) is 74.5 Å². The maximum Gasteiger partial charge on any atom is 0.490 e. The van der Waals surface area contributed by atoms with Gasteiger partial charge in [0.05, 0.1) is 6.04 Å². The standard InChI is InChI=1S/C30H43N5O5.C2HF3O2/c1-20(2)17-25(28(37)33-24(30(39)40)15-9-10-16-31)35-29(38)26(19-22-13-7-4-8-14-22)34-27(36)23(32)18-21-11-5-3-6-12-21;3-2(4,5)1(6)7/h3-8,11-14,20,23-26H,9-10,15-19,31-32H2,1-2H3,(H,33,37)(H,34,36)(H,35,38)(H,39,40);(H,6,7)/t23-,24-,25-,26-;/m1./s1. The van der Waals surface area contributed by atoms with Gasteiger partial charge in [0, 0.05) is 6.42 Å². The lowest BCUT2D eigenvalue weighted by Gasteiger charge is -2.26. The summed E-state index contributed by atoms with van der Waals surface area (Å²) in [6, 6.07) is 14.6. The first kappa shape index (κ1) is 40.5. The molecule has 0 spiro atoms. The normalized spacial score (nSPS) is 13.6. The predicted octanol–water partition coefficient (Wildman–Crippen LogP) is 2.15. The van der Waals surface area contributed by atoms with Gasteiger partial charge in [-0.2, -0.15) is 13.2 Å². The first-order chi connectivity index (χ1) is 22.0. The lowest BCUT2D eigenvalue weighted by atomic mass is 10.00. The molecule has 260 valence electrons. The van der Waals surface area contributed by atoms with E-state index in [1.54, 1.807) is 0 Å². The van der Waals surface area contributed by atoms with E-state index in [0.717, 1.165) is 11.1 Å². The number of unbranched alkanes of at least 4 members (excludes halogenated alkanes) is 1. The third-order valence-electron chi connectivity index (χ3n) is 6.69. The number of halogens is 3. The number of amides is 3. The van der Waals surface area contributed by atoms with Crippen LogP contribution >= 0.6 is 0 Å². The highest BCUT2D eigenvalue weighted by Gasteiger charge is 2.38. The molecule has 2 rings (SSSR count). The van der Waals surface area contributed by atoms with Crippen LogP contribution in [0.3, 0.4) is 0 Å². The summed E-state index contributed by atoms with van der Waals surface area (Å²) in [6.45, 7) is 4.22. The molecule has 0 bridgehead atoms. The summed E-state index contributed by atoms with van der Waals surface area (Å²) in [6.07, 6.45) is -2.91. The van der Waals surface area contributed by atoms with Crippen LogP contribution < -0.4 is 27.4 Å². The number of hydrogen-bond acceptors (Lipinski definition) is 7. The molecule has 15 heteroatoms. The van der Waals surface area contributed by atoms with Gasteiger partial charge in [0.2, 0.25) is 17.7 Å². The number of nitrogens with one attached hydrogen (secondary N) is 3. The number of rotatable bonds is 17. The molecular formula is C32H44F3N5O7. The van der Waals surface area contributed by atoms with E-state index in [2.05, 4.69) is 16.0 Å². The zero-order valence-electron chi connectivity index (χ0n) is 26.3. The maximum absolute atomic E-state index is 13.5. The van der Waals surface area contributed by atoms with Gasteiger partial charge in [-0.3, -0.25) is 14.4 Å². The molecule has 0 radical (unpaired) electrons. The summed E-state index contributed by atoms with van der Waals surface area (Å²) in [5, 5.41) is 24.8. The van der Waals surface area contributed by atoms with E-state index >= 15 is 0 Å². The molecule has 0 unspecified atom stereocenters. The minimum atomic E-state index is -5.08. The topological polar surface area (TPSA) is 214 Å². The number of benzene rings is 2. The molecule has 12 nitrogen and oxygen atoms in total. The van der Waals surface area contributed by atoms with Gasteiger partial charge in [-0.25, -0.2) is 9.59 Å². The minimum absolute atomic E-state index is 0.0260. The largest absolute Gasteiger partial charge is 0.490 e. The summed E-state index contributed by atoms with van der Waals surface area (Å²) < 4.78 is 31.7. The first-order valence-corrected chi connectivity index (χ1v) is 15.0. The van der Waals surface area contributed by atoms with Gasteiger partial charge in [-0.05, 0) is 55.7 Å². The zero-order chi connectivity index (χ0) is 35.6. The fourth-order valence-corrected chi connectivity index (χ4v) is 4.30. The molecule has 3 amide bonds. The Balaban J connectivity index is 0.00000141. The second-order valence-electron chi connectivity index (χ2n) is 11.2. The Hall–Kier alpha value is -4.50. The number of carbonyl (C=O) groups excluding carboxylic acids is 3. The number of carbonyl (C=O) groups is 5. The average molecular weight is 668 g/mol. The Morgan fingerprint density at radius 2 is 1.17 bits per heavy atom. The molecule has 0 aromatic heterocycles. The second-order valence-corrected chi connectivity index (χ2v) is 11.2.